The van der Waals surface area contributed by atoms with Crippen LogP contribution in [0.3, 0.4) is 0 Å². The first-order valence-corrected chi connectivity index (χ1v) is 3.33. The zero-order valence-electron chi connectivity index (χ0n) is 6.38. The van der Waals surface area contributed by atoms with E-state index in [4.69, 9.17) is 0 Å². The quantitative estimate of drug-likeness (QED) is 0.722. The maximum Gasteiger partial charge on any atom is 0.211 e. The molecule has 5 heteroatoms. The Balaban J connectivity index is 3.19. The van der Waals surface area contributed by atoms with Crippen molar-refractivity contribution in [3.05, 3.63) is 29.3 Å². The van der Waals surface area contributed by atoms with Gasteiger partial charge in [0.05, 0.1) is 5.56 Å². The summed E-state index contributed by atoms with van der Waals surface area (Å²) in [5.74, 6) is -2.00. The molecule has 0 heterocycles. The summed E-state index contributed by atoms with van der Waals surface area (Å²) in [5, 5.41) is 2.06. The molecule has 0 saturated heterocycles. The lowest BCUT2D eigenvalue weighted by atomic mass is 10.2. The molecule has 0 aromatic heterocycles. The number of hydrogen-bond donors (Lipinski definition) is 1. The first-order valence-electron chi connectivity index (χ1n) is 3.33. The molecule has 0 fully saturated rings. The number of anilines is 1. The average molecular weight is 185 g/mol. The molecule has 68 valence electrons. The molecule has 0 aliphatic heterocycles. The molecule has 0 saturated carbocycles. The van der Waals surface area contributed by atoms with Gasteiger partial charge in [-0.3, -0.25) is 9.59 Å². The number of carbonyl (C=O) groups excluding carboxylic acids is 2. The number of nitrogens with one attached hydrogen (secondary N) is 1. The van der Waals surface area contributed by atoms with E-state index in [1.807, 2.05) is 0 Å². The predicted molar refractivity (Wildman–Crippen MR) is 41.4 cm³/mol. The maximum atomic E-state index is 12.8. The summed E-state index contributed by atoms with van der Waals surface area (Å²) in [6.45, 7) is 0. The fourth-order valence-electron chi connectivity index (χ4n) is 0.848. The third kappa shape index (κ3) is 1.87. The molecule has 1 aromatic rings. The second-order valence-corrected chi connectivity index (χ2v) is 2.23. The molecule has 0 spiro atoms. The van der Waals surface area contributed by atoms with Crippen LogP contribution in [0.2, 0.25) is 0 Å². The van der Waals surface area contributed by atoms with Crippen molar-refractivity contribution in [3.8, 4) is 0 Å². The van der Waals surface area contributed by atoms with Crippen LogP contribution in [0.5, 0.6) is 0 Å². The standard InChI is InChI=1S/C8H5F2NO2/c9-7-1-5(11-4-13)2-8(10)6(7)3-12/h1-4H,(H,11,13). The minimum absolute atomic E-state index is 0.0319. The van der Waals surface area contributed by atoms with Crippen LogP contribution in [0, 0.1) is 11.6 Å². The predicted octanol–water partition coefficient (Wildman–Crippen LogP) is 1.35. The Morgan fingerprint density at radius 1 is 1.15 bits per heavy atom. The monoisotopic (exact) mass is 185 g/mol. The molecule has 1 aromatic carbocycles. The van der Waals surface area contributed by atoms with Gasteiger partial charge in [-0.1, -0.05) is 0 Å². The van der Waals surface area contributed by atoms with E-state index in [0.29, 0.717) is 0 Å². The SMILES string of the molecule is O=CNc1cc(F)c(C=O)c(F)c1. The Labute approximate surface area is 72.4 Å². The minimum atomic E-state index is -1.00. The molecule has 1 amide bonds. The van der Waals surface area contributed by atoms with Crippen molar-refractivity contribution in [2.24, 2.45) is 0 Å². The number of hydrogen-bond acceptors (Lipinski definition) is 2. The molecule has 0 atom stereocenters. The van der Waals surface area contributed by atoms with Gasteiger partial charge in [0.25, 0.3) is 0 Å². The number of halogens is 2. The fourth-order valence-corrected chi connectivity index (χ4v) is 0.848. The summed E-state index contributed by atoms with van der Waals surface area (Å²) in [7, 11) is 0. The Morgan fingerprint density at radius 3 is 2.08 bits per heavy atom. The summed E-state index contributed by atoms with van der Waals surface area (Å²) in [4.78, 5) is 20.1. The summed E-state index contributed by atoms with van der Waals surface area (Å²) < 4.78 is 25.6. The summed E-state index contributed by atoms with van der Waals surface area (Å²) in [5.41, 5.74) is -0.674. The molecule has 0 aliphatic rings. The van der Waals surface area contributed by atoms with Crippen LogP contribution in [0.25, 0.3) is 0 Å². The van der Waals surface area contributed by atoms with E-state index in [9.17, 15) is 18.4 Å². The molecular weight excluding hydrogens is 180 g/mol. The number of amides is 1. The van der Waals surface area contributed by atoms with Crippen molar-refractivity contribution in [2.45, 2.75) is 0 Å². The molecule has 0 radical (unpaired) electrons. The molecule has 0 bridgehead atoms. The highest BCUT2D eigenvalue weighted by atomic mass is 19.1. The lowest BCUT2D eigenvalue weighted by Crippen LogP contribution is -1.99. The molecular formula is C8H5F2NO2. The third-order valence-corrected chi connectivity index (χ3v) is 1.42. The van der Waals surface area contributed by atoms with Gasteiger partial charge < -0.3 is 5.32 Å². The summed E-state index contributed by atoms with van der Waals surface area (Å²) in [6, 6.07) is 1.72. The summed E-state index contributed by atoms with van der Waals surface area (Å²) >= 11 is 0. The minimum Gasteiger partial charge on any atom is -0.328 e. The van der Waals surface area contributed by atoms with Gasteiger partial charge in [-0.25, -0.2) is 8.78 Å². The van der Waals surface area contributed by atoms with Crippen LogP contribution in [0.1, 0.15) is 10.4 Å². The van der Waals surface area contributed by atoms with Gasteiger partial charge in [-0.15, -0.1) is 0 Å². The molecule has 13 heavy (non-hydrogen) atoms. The highest BCUT2D eigenvalue weighted by Gasteiger charge is 2.09. The molecule has 3 nitrogen and oxygen atoms in total. The molecule has 0 unspecified atom stereocenters. The van der Waals surface area contributed by atoms with Crippen LogP contribution in [-0.2, 0) is 4.79 Å². The van der Waals surface area contributed by atoms with E-state index in [-0.39, 0.29) is 18.4 Å². The van der Waals surface area contributed by atoms with E-state index in [1.54, 1.807) is 0 Å². The van der Waals surface area contributed by atoms with Crippen LogP contribution >= 0.6 is 0 Å². The molecule has 1 rings (SSSR count). The zero-order valence-corrected chi connectivity index (χ0v) is 6.38. The lowest BCUT2D eigenvalue weighted by Gasteiger charge is -2.01. The van der Waals surface area contributed by atoms with Crippen LogP contribution in [-0.4, -0.2) is 12.7 Å². The lowest BCUT2D eigenvalue weighted by molar-refractivity contribution is -0.105. The van der Waals surface area contributed by atoms with Crippen molar-refractivity contribution in [3.63, 3.8) is 0 Å². The topological polar surface area (TPSA) is 46.2 Å². The van der Waals surface area contributed by atoms with Crippen molar-refractivity contribution in [2.75, 3.05) is 5.32 Å². The average Bonchev–Trinajstić information content (AvgIpc) is 2.04. The number of benzene rings is 1. The Morgan fingerprint density at radius 2 is 1.69 bits per heavy atom. The van der Waals surface area contributed by atoms with Gasteiger partial charge in [-0.2, -0.15) is 0 Å². The van der Waals surface area contributed by atoms with Gasteiger partial charge in [-0.05, 0) is 12.1 Å². The highest BCUT2D eigenvalue weighted by Crippen LogP contribution is 2.16. The Hall–Kier alpha value is -1.78. The van der Waals surface area contributed by atoms with Gasteiger partial charge in [0.1, 0.15) is 11.6 Å². The Kier molecular flexibility index (Phi) is 2.69. The van der Waals surface area contributed by atoms with E-state index < -0.39 is 17.2 Å². The normalized spacial score (nSPS) is 9.38. The van der Waals surface area contributed by atoms with E-state index in [1.165, 1.54) is 0 Å². The van der Waals surface area contributed by atoms with Crippen LogP contribution in [0.15, 0.2) is 12.1 Å². The highest BCUT2D eigenvalue weighted by molar-refractivity contribution is 5.78. The van der Waals surface area contributed by atoms with E-state index >= 15 is 0 Å². The van der Waals surface area contributed by atoms with Crippen LogP contribution in [0.4, 0.5) is 14.5 Å². The molecule has 1 N–H and O–H groups in total. The first-order chi connectivity index (χ1) is 6.19. The first kappa shape index (κ1) is 9.31. The van der Waals surface area contributed by atoms with E-state index in [0.717, 1.165) is 12.1 Å². The van der Waals surface area contributed by atoms with Crippen molar-refractivity contribution in [1.82, 2.24) is 0 Å². The number of rotatable bonds is 3. The van der Waals surface area contributed by atoms with Crippen molar-refractivity contribution < 1.29 is 18.4 Å². The second-order valence-electron chi connectivity index (χ2n) is 2.23. The number of carbonyl (C=O) groups is 2. The summed E-state index contributed by atoms with van der Waals surface area (Å²) in [6.07, 6.45) is 0.365. The third-order valence-electron chi connectivity index (χ3n) is 1.42. The smallest absolute Gasteiger partial charge is 0.211 e. The maximum absolute atomic E-state index is 12.8. The Bertz CT molecular complexity index is 329. The fraction of sp³-hybridized carbons (Fsp3) is 0. The van der Waals surface area contributed by atoms with Crippen LogP contribution < -0.4 is 5.32 Å². The van der Waals surface area contributed by atoms with Gasteiger partial charge >= 0.3 is 0 Å². The van der Waals surface area contributed by atoms with Crippen molar-refractivity contribution in [1.29, 1.82) is 0 Å². The molecule has 0 aliphatic carbocycles. The van der Waals surface area contributed by atoms with Crippen molar-refractivity contribution >= 4 is 18.4 Å². The second kappa shape index (κ2) is 3.75. The largest absolute Gasteiger partial charge is 0.328 e. The zero-order chi connectivity index (χ0) is 9.84. The number of aldehydes is 1. The van der Waals surface area contributed by atoms with E-state index in [2.05, 4.69) is 5.32 Å². The van der Waals surface area contributed by atoms with Gasteiger partial charge in [0.15, 0.2) is 6.29 Å². The van der Waals surface area contributed by atoms with Gasteiger partial charge in [0.2, 0.25) is 6.41 Å². The van der Waals surface area contributed by atoms with Gasteiger partial charge in [0, 0.05) is 5.69 Å².